The Morgan fingerprint density at radius 1 is 1.17 bits per heavy atom. The van der Waals surface area contributed by atoms with Crippen LogP contribution in [0.15, 0.2) is 12.1 Å². The van der Waals surface area contributed by atoms with Gasteiger partial charge in [0.1, 0.15) is 0 Å². The van der Waals surface area contributed by atoms with Crippen LogP contribution in [0.1, 0.15) is 26.3 Å². The van der Waals surface area contributed by atoms with Crippen molar-refractivity contribution < 1.29 is 9.47 Å². The van der Waals surface area contributed by atoms with E-state index in [1.54, 1.807) is 14.2 Å². The van der Waals surface area contributed by atoms with Crippen LogP contribution in [0.25, 0.3) is 0 Å². The zero-order valence-corrected chi connectivity index (χ0v) is 13.0. The first-order valence-corrected chi connectivity index (χ1v) is 5.90. The van der Waals surface area contributed by atoms with Gasteiger partial charge in [0.2, 0.25) is 0 Å². The highest BCUT2D eigenvalue weighted by atomic mass is 35.5. The molecular formula is C13H21Cl2NO2. The monoisotopic (exact) mass is 293 g/mol. The van der Waals surface area contributed by atoms with Gasteiger partial charge in [0.05, 0.1) is 19.2 Å². The Morgan fingerprint density at radius 2 is 1.78 bits per heavy atom. The normalized spacial score (nSPS) is 10.8. The molecule has 0 bridgehead atoms. The maximum atomic E-state index is 6.13. The zero-order chi connectivity index (χ0) is 13.1. The number of rotatable bonds is 4. The summed E-state index contributed by atoms with van der Waals surface area (Å²) >= 11 is 6.13. The minimum atomic E-state index is 0. The van der Waals surface area contributed by atoms with Crippen molar-refractivity contribution in [3.05, 3.63) is 22.7 Å². The van der Waals surface area contributed by atoms with Crippen LogP contribution in [0.3, 0.4) is 0 Å². The van der Waals surface area contributed by atoms with Crippen LogP contribution in [0, 0.1) is 0 Å². The fourth-order valence-electron chi connectivity index (χ4n) is 1.44. The third-order valence-electron chi connectivity index (χ3n) is 2.32. The van der Waals surface area contributed by atoms with Crippen LogP contribution in [0.5, 0.6) is 11.5 Å². The Hall–Kier alpha value is -0.640. The van der Waals surface area contributed by atoms with E-state index in [0.29, 0.717) is 16.5 Å². The van der Waals surface area contributed by atoms with Gasteiger partial charge in [0, 0.05) is 12.1 Å². The Morgan fingerprint density at radius 3 is 2.22 bits per heavy atom. The van der Waals surface area contributed by atoms with E-state index in [4.69, 9.17) is 21.1 Å². The van der Waals surface area contributed by atoms with Crippen LogP contribution >= 0.6 is 24.0 Å². The van der Waals surface area contributed by atoms with Crippen molar-refractivity contribution in [2.45, 2.75) is 32.9 Å². The molecule has 0 radical (unpaired) electrons. The molecule has 0 amide bonds. The van der Waals surface area contributed by atoms with Gasteiger partial charge in [-0.3, -0.25) is 0 Å². The third kappa shape index (κ3) is 4.92. The Balaban J connectivity index is 0.00000289. The highest BCUT2D eigenvalue weighted by Crippen LogP contribution is 2.36. The van der Waals surface area contributed by atoms with E-state index < -0.39 is 0 Å². The zero-order valence-electron chi connectivity index (χ0n) is 11.5. The molecule has 0 fully saturated rings. The predicted molar refractivity (Wildman–Crippen MR) is 78.4 cm³/mol. The fourth-order valence-corrected chi connectivity index (χ4v) is 1.75. The largest absolute Gasteiger partial charge is 0.493 e. The molecule has 1 aromatic rings. The molecule has 104 valence electrons. The third-order valence-corrected chi connectivity index (χ3v) is 2.60. The molecule has 18 heavy (non-hydrogen) atoms. The van der Waals surface area contributed by atoms with Crippen molar-refractivity contribution in [2.75, 3.05) is 14.2 Å². The summed E-state index contributed by atoms with van der Waals surface area (Å²) in [7, 11) is 3.19. The van der Waals surface area contributed by atoms with Crippen molar-refractivity contribution in [1.82, 2.24) is 5.32 Å². The smallest absolute Gasteiger partial charge is 0.179 e. The van der Waals surface area contributed by atoms with Gasteiger partial charge in [-0.2, -0.15) is 0 Å². The number of hydrogen-bond donors (Lipinski definition) is 1. The lowest BCUT2D eigenvalue weighted by atomic mass is 10.1. The molecule has 1 N–H and O–H groups in total. The standard InChI is InChI=1S/C13H20ClNO2.ClH/c1-13(2,3)15-8-9-6-10(14)12(17-5)11(7-9)16-4;/h6-7,15H,8H2,1-5H3;1H. The summed E-state index contributed by atoms with van der Waals surface area (Å²) in [6.07, 6.45) is 0. The predicted octanol–water partition coefficient (Wildman–Crippen LogP) is 3.67. The Labute approximate surface area is 120 Å². The van der Waals surface area contributed by atoms with Crippen molar-refractivity contribution in [3.63, 3.8) is 0 Å². The van der Waals surface area contributed by atoms with Crippen LogP contribution in [-0.2, 0) is 6.54 Å². The first kappa shape index (κ1) is 17.4. The number of methoxy groups -OCH3 is 2. The summed E-state index contributed by atoms with van der Waals surface area (Å²) in [6.45, 7) is 7.10. The molecule has 0 aliphatic rings. The van der Waals surface area contributed by atoms with Crippen molar-refractivity contribution in [3.8, 4) is 11.5 Å². The van der Waals surface area contributed by atoms with E-state index in [2.05, 4.69) is 26.1 Å². The molecule has 0 atom stereocenters. The molecule has 0 spiro atoms. The molecule has 0 saturated heterocycles. The summed E-state index contributed by atoms with van der Waals surface area (Å²) in [5.74, 6) is 1.24. The summed E-state index contributed by atoms with van der Waals surface area (Å²) in [6, 6.07) is 3.82. The van der Waals surface area contributed by atoms with Gasteiger partial charge < -0.3 is 14.8 Å². The van der Waals surface area contributed by atoms with Crippen molar-refractivity contribution in [1.29, 1.82) is 0 Å². The molecule has 0 aliphatic heterocycles. The van der Waals surface area contributed by atoms with Gasteiger partial charge in [-0.1, -0.05) is 11.6 Å². The van der Waals surface area contributed by atoms with Crippen molar-refractivity contribution in [2.24, 2.45) is 0 Å². The second-order valence-corrected chi connectivity index (χ2v) is 5.32. The lowest BCUT2D eigenvalue weighted by molar-refractivity contribution is 0.354. The van der Waals surface area contributed by atoms with E-state index in [0.717, 1.165) is 12.1 Å². The molecule has 0 saturated carbocycles. The minimum Gasteiger partial charge on any atom is -0.493 e. The highest BCUT2D eigenvalue weighted by Gasteiger charge is 2.13. The summed E-state index contributed by atoms with van der Waals surface area (Å²) in [5, 5.41) is 3.97. The lowest BCUT2D eigenvalue weighted by Gasteiger charge is -2.21. The molecule has 5 heteroatoms. The average molecular weight is 294 g/mol. The first-order chi connectivity index (χ1) is 7.87. The van der Waals surface area contributed by atoms with Crippen LogP contribution in [0.2, 0.25) is 5.02 Å². The topological polar surface area (TPSA) is 30.5 Å². The van der Waals surface area contributed by atoms with E-state index >= 15 is 0 Å². The lowest BCUT2D eigenvalue weighted by Crippen LogP contribution is -2.35. The number of nitrogens with one attached hydrogen (secondary N) is 1. The second kappa shape index (κ2) is 7.07. The maximum absolute atomic E-state index is 6.13. The fraction of sp³-hybridized carbons (Fsp3) is 0.538. The van der Waals surface area contributed by atoms with Crippen LogP contribution in [-0.4, -0.2) is 19.8 Å². The molecule has 3 nitrogen and oxygen atoms in total. The van der Waals surface area contributed by atoms with E-state index in [9.17, 15) is 0 Å². The molecule has 1 rings (SSSR count). The Bertz CT molecular complexity index is 389. The molecule has 0 heterocycles. The summed E-state index contributed by atoms with van der Waals surface area (Å²) < 4.78 is 10.4. The quantitative estimate of drug-likeness (QED) is 0.919. The number of ether oxygens (including phenoxy) is 2. The molecule has 0 aromatic heterocycles. The molecule has 1 aromatic carbocycles. The van der Waals surface area contributed by atoms with Crippen molar-refractivity contribution >= 4 is 24.0 Å². The van der Waals surface area contributed by atoms with Gasteiger partial charge >= 0.3 is 0 Å². The van der Waals surface area contributed by atoms with Gasteiger partial charge in [0.15, 0.2) is 11.5 Å². The average Bonchev–Trinajstić information content (AvgIpc) is 2.24. The molecule has 0 unspecified atom stereocenters. The SMILES string of the molecule is COc1cc(CNC(C)(C)C)cc(Cl)c1OC.Cl. The van der Waals surface area contributed by atoms with E-state index in [1.165, 1.54) is 0 Å². The number of benzene rings is 1. The van der Waals surface area contributed by atoms with E-state index in [-0.39, 0.29) is 17.9 Å². The van der Waals surface area contributed by atoms with Crippen LogP contribution < -0.4 is 14.8 Å². The summed E-state index contributed by atoms with van der Waals surface area (Å²) in [5.41, 5.74) is 1.14. The van der Waals surface area contributed by atoms with Gasteiger partial charge in [-0.05, 0) is 38.5 Å². The first-order valence-electron chi connectivity index (χ1n) is 5.53. The van der Waals surface area contributed by atoms with Gasteiger partial charge in [-0.15, -0.1) is 12.4 Å². The number of halogens is 2. The van der Waals surface area contributed by atoms with Crippen LogP contribution in [0.4, 0.5) is 0 Å². The van der Waals surface area contributed by atoms with Gasteiger partial charge in [-0.25, -0.2) is 0 Å². The second-order valence-electron chi connectivity index (χ2n) is 4.92. The molecular weight excluding hydrogens is 273 g/mol. The summed E-state index contributed by atoms with van der Waals surface area (Å²) in [4.78, 5) is 0. The number of hydrogen-bond acceptors (Lipinski definition) is 3. The maximum Gasteiger partial charge on any atom is 0.179 e. The van der Waals surface area contributed by atoms with Gasteiger partial charge in [0.25, 0.3) is 0 Å². The minimum absolute atomic E-state index is 0. The Kier molecular flexibility index (Phi) is 6.82. The molecule has 0 aliphatic carbocycles. The van der Waals surface area contributed by atoms with E-state index in [1.807, 2.05) is 12.1 Å². The highest BCUT2D eigenvalue weighted by molar-refractivity contribution is 6.32.